The smallest absolute Gasteiger partial charge is 0.336 e. The first-order chi connectivity index (χ1) is 9.65. The van der Waals surface area contributed by atoms with Crippen LogP contribution in [0.4, 0.5) is 10.1 Å². The number of hydrogen-bond donors (Lipinski definition) is 1. The zero-order chi connectivity index (χ0) is 14.1. The van der Waals surface area contributed by atoms with Crippen molar-refractivity contribution in [1.82, 2.24) is 4.98 Å². The molecule has 0 unspecified atom stereocenters. The van der Waals surface area contributed by atoms with Gasteiger partial charge in [0.25, 0.3) is 0 Å². The summed E-state index contributed by atoms with van der Waals surface area (Å²) < 4.78 is 13.2. The zero-order valence-electron chi connectivity index (χ0n) is 10.9. The van der Waals surface area contributed by atoms with E-state index in [1.807, 2.05) is 18.2 Å². The van der Waals surface area contributed by atoms with Crippen molar-refractivity contribution in [3.8, 4) is 0 Å². The Morgan fingerprint density at radius 3 is 2.75 bits per heavy atom. The summed E-state index contributed by atoms with van der Waals surface area (Å²) in [6.45, 7) is 1.32. The number of piperidine rings is 1. The normalized spacial score (nSPS) is 16.6. The van der Waals surface area contributed by atoms with Gasteiger partial charge in [0.15, 0.2) is 0 Å². The first-order valence-electron chi connectivity index (χ1n) is 6.66. The van der Waals surface area contributed by atoms with Gasteiger partial charge >= 0.3 is 5.97 Å². The number of anilines is 1. The van der Waals surface area contributed by atoms with Crippen LogP contribution in [-0.2, 0) is 0 Å². The molecule has 0 spiro atoms. The number of aromatic carboxylic acids is 1. The molecule has 2 aromatic rings. The number of aromatic nitrogens is 1. The van der Waals surface area contributed by atoms with Gasteiger partial charge in [-0.3, -0.25) is 4.98 Å². The molecule has 1 aromatic carbocycles. The minimum Gasteiger partial charge on any atom is -0.478 e. The highest BCUT2D eigenvalue weighted by Gasteiger charge is 2.19. The Balaban J connectivity index is 2.01. The molecule has 1 aliphatic heterocycles. The number of alkyl halides is 1. The van der Waals surface area contributed by atoms with E-state index in [2.05, 4.69) is 9.88 Å². The molecular formula is C15H15FN2O2. The molecule has 0 amide bonds. The van der Waals surface area contributed by atoms with Gasteiger partial charge in [-0.1, -0.05) is 0 Å². The Bertz CT molecular complexity index is 651. The Labute approximate surface area is 115 Å². The van der Waals surface area contributed by atoms with Crippen molar-refractivity contribution in [3.05, 3.63) is 36.0 Å². The number of hydrogen-bond acceptors (Lipinski definition) is 3. The second kappa shape index (κ2) is 5.07. The van der Waals surface area contributed by atoms with Crippen LogP contribution < -0.4 is 4.90 Å². The number of carboxylic acids is 1. The van der Waals surface area contributed by atoms with Gasteiger partial charge in [0.1, 0.15) is 6.17 Å². The number of pyridine rings is 1. The van der Waals surface area contributed by atoms with E-state index < -0.39 is 12.1 Å². The van der Waals surface area contributed by atoms with Crippen molar-refractivity contribution >= 4 is 22.6 Å². The van der Waals surface area contributed by atoms with Crippen LogP contribution in [0, 0.1) is 0 Å². The highest BCUT2D eigenvalue weighted by atomic mass is 19.1. The highest BCUT2D eigenvalue weighted by Crippen LogP contribution is 2.26. The third kappa shape index (κ3) is 2.31. The molecule has 20 heavy (non-hydrogen) atoms. The molecule has 1 N–H and O–H groups in total. The van der Waals surface area contributed by atoms with Crippen molar-refractivity contribution in [2.45, 2.75) is 19.0 Å². The monoisotopic (exact) mass is 274 g/mol. The fraction of sp³-hybridized carbons (Fsp3) is 0.333. The van der Waals surface area contributed by atoms with Gasteiger partial charge in [-0.25, -0.2) is 9.18 Å². The molecule has 0 radical (unpaired) electrons. The van der Waals surface area contributed by atoms with Crippen LogP contribution >= 0.6 is 0 Å². The van der Waals surface area contributed by atoms with Crippen molar-refractivity contribution < 1.29 is 14.3 Å². The Morgan fingerprint density at radius 2 is 2.05 bits per heavy atom. The van der Waals surface area contributed by atoms with E-state index in [9.17, 15) is 14.3 Å². The van der Waals surface area contributed by atoms with Crippen molar-refractivity contribution in [2.24, 2.45) is 0 Å². The van der Waals surface area contributed by atoms with E-state index in [-0.39, 0.29) is 5.56 Å². The highest BCUT2D eigenvalue weighted by molar-refractivity contribution is 6.03. The molecule has 3 rings (SSSR count). The van der Waals surface area contributed by atoms with E-state index in [0.29, 0.717) is 36.8 Å². The molecule has 0 saturated carbocycles. The topological polar surface area (TPSA) is 53.4 Å². The van der Waals surface area contributed by atoms with Gasteiger partial charge in [-0.15, -0.1) is 0 Å². The summed E-state index contributed by atoms with van der Waals surface area (Å²) >= 11 is 0. The average molecular weight is 274 g/mol. The van der Waals surface area contributed by atoms with Crippen LogP contribution in [-0.4, -0.2) is 35.3 Å². The second-order valence-corrected chi connectivity index (χ2v) is 5.03. The van der Waals surface area contributed by atoms with E-state index in [0.717, 1.165) is 5.69 Å². The predicted octanol–water partition coefficient (Wildman–Crippen LogP) is 2.87. The maximum Gasteiger partial charge on any atom is 0.336 e. The molecule has 1 fully saturated rings. The fourth-order valence-electron chi connectivity index (χ4n) is 2.62. The van der Waals surface area contributed by atoms with E-state index in [4.69, 9.17) is 0 Å². The third-order valence-electron chi connectivity index (χ3n) is 3.75. The SMILES string of the molecule is O=C(O)c1ccnc2ccc(N3CCC(F)CC3)cc12. The molecule has 0 atom stereocenters. The standard InChI is InChI=1S/C15H15FN2O2/c16-10-4-7-18(8-5-10)11-1-2-14-13(9-11)12(15(19)20)3-6-17-14/h1-3,6,9-10H,4-5,7-8H2,(H,19,20). The lowest BCUT2D eigenvalue weighted by Gasteiger charge is -2.30. The first-order valence-corrected chi connectivity index (χ1v) is 6.66. The fourth-order valence-corrected chi connectivity index (χ4v) is 2.62. The van der Waals surface area contributed by atoms with Gasteiger partial charge in [-0.2, -0.15) is 0 Å². The van der Waals surface area contributed by atoms with Crippen molar-refractivity contribution in [3.63, 3.8) is 0 Å². The Hall–Kier alpha value is -2.17. The predicted molar refractivity (Wildman–Crippen MR) is 75.0 cm³/mol. The molecule has 4 nitrogen and oxygen atoms in total. The first kappa shape index (κ1) is 12.8. The van der Waals surface area contributed by atoms with Crippen LogP contribution in [0.2, 0.25) is 0 Å². The van der Waals surface area contributed by atoms with E-state index in [1.165, 1.54) is 12.3 Å². The summed E-state index contributed by atoms with van der Waals surface area (Å²) in [5.74, 6) is -0.961. The number of carboxylic acid groups (broad SMARTS) is 1. The molecule has 1 saturated heterocycles. The summed E-state index contributed by atoms with van der Waals surface area (Å²) in [7, 11) is 0. The summed E-state index contributed by atoms with van der Waals surface area (Å²) in [5, 5.41) is 9.85. The molecule has 0 bridgehead atoms. The average Bonchev–Trinajstić information content (AvgIpc) is 2.46. The van der Waals surface area contributed by atoms with Gasteiger partial charge < -0.3 is 10.0 Å². The quantitative estimate of drug-likeness (QED) is 0.915. The van der Waals surface area contributed by atoms with Gasteiger partial charge in [0, 0.05) is 30.4 Å². The summed E-state index contributed by atoms with van der Waals surface area (Å²) in [4.78, 5) is 17.5. The molecule has 5 heteroatoms. The number of carbonyl (C=O) groups is 1. The number of halogens is 1. The number of rotatable bonds is 2. The number of benzene rings is 1. The Morgan fingerprint density at radius 1 is 1.30 bits per heavy atom. The van der Waals surface area contributed by atoms with Crippen molar-refractivity contribution in [1.29, 1.82) is 0 Å². The Kier molecular flexibility index (Phi) is 3.26. The van der Waals surface area contributed by atoms with Gasteiger partial charge in [0.2, 0.25) is 0 Å². The molecule has 1 aromatic heterocycles. The molecule has 2 heterocycles. The van der Waals surface area contributed by atoms with Crippen LogP contribution in [0.5, 0.6) is 0 Å². The lowest BCUT2D eigenvalue weighted by Crippen LogP contribution is -2.34. The van der Waals surface area contributed by atoms with Crippen LogP contribution in [0.25, 0.3) is 10.9 Å². The lowest BCUT2D eigenvalue weighted by molar-refractivity contribution is 0.0699. The van der Waals surface area contributed by atoms with Crippen LogP contribution in [0.1, 0.15) is 23.2 Å². The molecule has 104 valence electrons. The van der Waals surface area contributed by atoms with E-state index >= 15 is 0 Å². The van der Waals surface area contributed by atoms with Gasteiger partial charge in [0.05, 0.1) is 11.1 Å². The molecular weight excluding hydrogens is 259 g/mol. The summed E-state index contributed by atoms with van der Waals surface area (Å²) in [6, 6.07) is 7.07. The largest absolute Gasteiger partial charge is 0.478 e. The number of fused-ring (bicyclic) bond motifs is 1. The van der Waals surface area contributed by atoms with Crippen LogP contribution in [0.15, 0.2) is 30.5 Å². The molecule has 1 aliphatic rings. The van der Waals surface area contributed by atoms with Crippen molar-refractivity contribution in [2.75, 3.05) is 18.0 Å². The van der Waals surface area contributed by atoms with E-state index in [1.54, 1.807) is 0 Å². The summed E-state index contributed by atoms with van der Waals surface area (Å²) in [6.07, 6.45) is 1.83. The lowest BCUT2D eigenvalue weighted by atomic mass is 10.1. The van der Waals surface area contributed by atoms with Gasteiger partial charge in [-0.05, 0) is 37.1 Å². The third-order valence-corrected chi connectivity index (χ3v) is 3.75. The second-order valence-electron chi connectivity index (χ2n) is 5.03. The zero-order valence-corrected chi connectivity index (χ0v) is 10.9. The minimum atomic E-state index is -0.961. The molecule has 0 aliphatic carbocycles. The maximum atomic E-state index is 13.2. The maximum absolute atomic E-state index is 13.2. The summed E-state index contributed by atoms with van der Waals surface area (Å²) in [5.41, 5.74) is 1.84. The van der Waals surface area contributed by atoms with Crippen LogP contribution in [0.3, 0.4) is 0 Å². The minimum absolute atomic E-state index is 0.247. The number of nitrogens with zero attached hydrogens (tertiary/aromatic N) is 2.